The van der Waals surface area contributed by atoms with Crippen LogP contribution in [0, 0.1) is 0 Å². The van der Waals surface area contributed by atoms with Crippen LogP contribution in [0.5, 0.6) is 0 Å². The van der Waals surface area contributed by atoms with E-state index in [0.717, 1.165) is 13.1 Å². The Bertz CT molecular complexity index is 387. The third kappa shape index (κ3) is 3.66. The fourth-order valence-corrected chi connectivity index (χ4v) is 1.83. The molecule has 1 unspecified atom stereocenters. The first-order valence-electron chi connectivity index (χ1n) is 5.53. The number of nitrogens with zero attached hydrogens (tertiary/aromatic N) is 3. The van der Waals surface area contributed by atoms with Crippen molar-refractivity contribution in [3.63, 3.8) is 0 Å². The Morgan fingerprint density at radius 2 is 2.06 bits per heavy atom. The summed E-state index contributed by atoms with van der Waals surface area (Å²) in [5.74, 6) is 0.597. The Balaban J connectivity index is 0.00000162. The maximum atomic E-state index is 5.96. The first-order valence-corrected chi connectivity index (χ1v) is 5.91. The number of aromatic nitrogens is 2. The van der Waals surface area contributed by atoms with Gasteiger partial charge in [-0.15, -0.1) is 12.4 Å². The van der Waals surface area contributed by atoms with Crippen molar-refractivity contribution in [3.8, 4) is 0 Å². The average Bonchev–Trinajstić information content (AvgIpc) is 2.38. The second-order valence-corrected chi connectivity index (χ2v) is 4.24. The van der Waals surface area contributed by atoms with Gasteiger partial charge in [0.05, 0.1) is 24.9 Å². The van der Waals surface area contributed by atoms with E-state index in [0.29, 0.717) is 36.6 Å². The first kappa shape index (κ1) is 15.4. The van der Waals surface area contributed by atoms with Gasteiger partial charge in [0.1, 0.15) is 5.15 Å². The summed E-state index contributed by atoms with van der Waals surface area (Å²) in [4.78, 5) is 10.6. The molecule has 6 nitrogen and oxygen atoms in total. The van der Waals surface area contributed by atoms with E-state index in [1.54, 1.807) is 6.07 Å². The predicted octanol–water partition coefficient (Wildman–Crippen LogP) is 0.347. The van der Waals surface area contributed by atoms with E-state index >= 15 is 0 Å². The van der Waals surface area contributed by atoms with Crippen molar-refractivity contribution < 1.29 is 4.74 Å². The highest BCUT2D eigenvalue weighted by molar-refractivity contribution is 6.29. The lowest BCUT2D eigenvalue weighted by Gasteiger charge is -2.27. The molecule has 0 bridgehead atoms. The smallest absolute Gasteiger partial charge is 0.227 e. The lowest BCUT2D eigenvalue weighted by Crippen LogP contribution is -2.37. The van der Waals surface area contributed by atoms with E-state index < -0.39 is 0 Å². The molecule has 1 fully saturated rings. The zero-order chi connectivity index (χ0) is 12.3. The van der Waals surface area contributed by atoms with Crippen LogP contribution >= 0.6 is 24.0 Å². The number of halogens is 2. The molecule has 0 amide bonds. The molecule has 1 aliphatic rings. The second kappa shape index (κ2) is 7.06. The van der Waals surface area contributed by atoms with E-state index in [4.69, 9.17) is 27.8 Å². The standard InChI is InChI=1S/C10H16ClN5O.ClH/c11-9-5-8(7(13)6-12)14-10(15-9)16-1-3-17-4-2-16;/h5,7H,1-4,6,12-13H2;1H. The van der Waals surface area contributed by atoms with Gasteiger partial charge < -0.3 is 21.1 Å². The molecule has 1 aliphatic heterocycles. The van der Waals surface area contributed by atoms with Gasteiger partial charge in [0.2, 0.25) is 5.95 Å². The Labute approximate surface area is 117 Å². The van der Waals surface area contributed by atoms with Crippen LogP contribution in [-0.4, -0.2) is 42.8 Å². The van der Waals surface area contributed by atoms with Crippen molar-refractivity contribution in [2.75, 3.05) is 37.7 Å². The summed E-state index contributed by atoms with van der Waals surface area (Å²) in [6.45, 7) is 3.20. The van der Waals surface area contributed by atoms with E-state index in [1.165, 1.54) is 0 Å². The maximum absolute atomic E-state index is 5.96. The molecule has 4 N–H and O–H groups in total. The third-order valence-electron chi connectivity index (χ3n) is 2.63. The predicted molar refractivity (Wildman–Crippen MR) is 73.3 cm³/mol. The van der Waals surface area contributed by atoms with Crippen molar-refractivity contribution >= 4 is 30.0 Å². The molecule has 2 rings (SSSR count). The highest BCUT2D eigenvalue weighted by Crippen LogP contribution is 2.18. The average molecular weight is 294 g/mol. The molecule has 18 heavy (non-hydrogen) atoms. The van der Waals surface area contributed by atoms with Crippen molar-refractivity contribution in [3.05, 3.63) is 16.9 Å². The molecule has 1 aromatic rings. The molecule has 0 spiro atoms. The van der Waals surface area contributed by atoms with Crippen LogP contribution in [0.2, 0.25) is 5.15 Å². The molecule has 1 atom stereocenters. The van der Waals surface area contributed by atoms with Crippen molar-refractivity contribution in [1.29, 1.82) is 0 Å². The minimum atomic E-state index is -0.310. The SMILES string of the molecule is Cl.NCC(N)c1cc(Cl)nc(N2CCOCC2)n1. The lowest BCUT2D eigenvalue weighted by atomic mass is 10.2. The van der Waals surface area contributed by atoms with Crippen molar-refractivity contribution in [1.82, 2.24) is 9.97 Å². The van der Waals surface area contributed by atoms with Crippen LogP contribution < -0.4 is 16.4 Å². The molecule has 1 aromatic heterocycles. The van der Waals surface area contributed by atoms with Gasteiger partial charge in [-0.05, 0) is 6.07 Å². The monoisotopic (exact) mass is 293 g/mol. The topological polar surface area (TPSA) is 90.3 Å². The van der Waals surface area contributed by atoms with Crippen LogP contribution in [-0.2, 0) is 4.74 Å². The molecule has 0 aromatic carbocycles. The molecule has 0 saturated carbocycles. The van der Waals surface area contributed by atoms with E-state index in [2.05, 4.69) is 9.97 Å². The summed E-state index contributed by atoms with van der Waals surface area (Å²) in [5.41, 5.74) is 12.0. The second-order valence-electron chi connectivity index (χ2n) is 3.86. The van der Waals surface area contributed by atoms with Gasteiger partial charge in [0, 0.05) is 19.6 Å². The summed E-state index contributed by atoms with van der Waals surface area (Å²) in [6, 6.07) is 1.35. The van der Waals surface area contributed by atoms with Gasteiger partial charge in [-0.3, -0.25) is 0 Å². The lowest BCUT2D eigenvalue weighted by molar-refractivity contribution is 0.122. The molecule has 1 saturated heterocycles. The molecule has 2 heterocycles. The maximum Gasteiger partial charge on any atom is 0.227 e. The zero-order valence-electron chi connectivity index (χ0n) is 9.88. The van der Waals surface area contributed by atoms with Crippen molar-refractivity contribution in [2.24, 2.45) is 11.5 Å². The Morgan fingerprint density at radius 1 is 1.39 bits per heavy atom. The van der Waals surface area contributed by atoms with Crippen LogP contribution in [0.4, 0.5) is 5.95 Å². The number of morpholine rings is 1. The molecule has 102 valence electrons. The fourth-order valence-electron chi connectivity index (χ4n) is 1.64. The van der Waals surface area contributed by atoms with E-state index in [1.807, 2.05) is 4.90 Å². The Hall–Kier alpha value is -0.660. The number of anilines is 1. The molecular formula is C10H17Cl2N5O. The number of ether oxygens (including phenoxy) is 1. The summed E-state index contributed by atoms with van der Waals surface area (Å²) in [5, 5.41) is 0.389. The van der Waals surface area contributed by atoms with Crippen LogP contribution in [0.25, 0.3) is 0 Å². The van der Waals surface area contributed by atoms with Crippen LogP contribution in [0.15, 0.2) is 6.07 Å². The fraction of sp³-hybridized carbons (Fsp3) is 0.600. The number of rotatable bonds is 3. The number of hydrogen-bond donors (Lipinski definition) is 2. The van der Waals surface area contributed by atoms with Gasteiger partial charge in [0.25, 0.3) is 0 Å². The first-order chi connectivity index (χ1) is 8.20. The molecular weight excluding hydrogens is 277 g/mol. The van der Waals surface area contributed by atoms with Gasteiger partial charge in [-0.25, -0.2) is 9.97 Å². The van der Waals surface area contributed by atoms with Gasteiger partial charge in [-0.1, -0.05) is 11.6 Å². The van der Waals surface area contributed by atoms with Crippen molar-refractivity contribution in [2.45, 2.75) is 6.04 Å². The van der Waals surface area contributed by atoms with Crippen LogP contribution in [0.1, 0.15) is 11.7 Å². The molecule has 8 heteroatoms. The normalized spacial score (nSPS) is 17.2. The quantitative estimate of drug-likeness (QED) is 0.782. The summed E-state index contributed by atoms with van der Waals surface area (Å²) in [6.07, 6.45) is 0. The minimum absolute atomic E-state index is 0. The molecule has 0 aliphatic carbocycles. The summed E-state index contributed by atoms with van der Waals surface area (Å²) < 4.78 is 5.28. The number of nitrogens with two attached hydrogens (primary N) is 2. The zero-order valence-corrected chi connectivity index (χ0v) is 11.5. The van der Waals surface area contributed by atoms with Gasteiger partial charge in [-0.2, -0.15) is 0 Å². The van der Waals surface area contributed by atoms with Gasteiger partial charge in [0.15, 0.2) is 0 Å². The Morgan fingerprint density at radius 3 is 2.67 bits per heavy atom. The Kier molecular flexibility index (Phi) is 6.04. The largest absolute Gasteiger partial charge is 0.378 e. The highest BCUT2D eigenvalue weighted by atomic mass is 35.5. The summed E-state index contributed by atoms with van der Waals surface area (Å²) >= 11 is 5.96. The number of hydrogen-bond acceptors (Lipinski definition) is 6. The minimum Gasteiger partial charge on any atom is -0.378 e. The summed E-state index contributed by atoms with van der Waals surface area (Å²) in [7, 11) is 0. The van der Waals surface area contributed by atoms with E-state index in [9.17, 15) is 0 Å². The molecule has 0 radical (unpaired) electrons. The van der Waals surface area contributed by atoms with Gasteiger partial charge >= 0.3 is 0 Å². The van der Waals surface area contributed by atoms with E-state index in [-0.39, 0.29) is 18.4 Å². The third-order valence-corrected chi connectivity index (χ3v) is 2.82. The highest BCUT2D eigenvalue weighted by Gasteiger charge is 2.16. The van der Waals surface area contributed by atoms with Crippen LogP contribution in [0.3, 0.4) is 0 Å².